The summed E-state index contributed by atoms with van der Waals surface area (Å²) in [5.41, 5.74) is 6.83. The van der Waals surface area contributed by atoms with Crippen LogP contribution < -0.4 is 4.57 Å². The highest BCUT2D eigenvalue weighted by molar-refractivity contribution is 5.41. The van der Waals surface area contributed by atoms with Gasteiger partial charge in [-0.3, -0.25) is 0 Å². The molecule has 0 radical (unpaired) electrons. The summed E-state index contributed by atoms with van der Waals surface area (Å²) in [4.78, 5) is 0. The summed E-state index contributed by atoms with van der Waals surface area (Å²) >= 11 is 0. The van der Waals surface area contributed by atoms with E-state index in [0.29, 0.717) is 5.92 Å². The first-order valence-corrected chi connectivity index (χ1v) is 10.7. The van der Waals surface area contributed by atoms with E-state index in [1.807, 2.05) is 0 Å². The average molecular weight is 374 g/mol. The van der Waals surface area contributed by atoms with Crippen LogP contribution >= 0.6 is 0 Å². The van der Waals surface area contributed by atoms with Gasteiger partial charge in [0, 0.05) is 12.8 Å². The largest absolute Gasteiger partial charge is 0.272 e. The lowest BCUT2D eigenvalue weighted by Crippen LogP contribution is -2.43. The fourth-order valence-electron chi connectivity index (χ4n) is 4.94. The van der Waals surface area contributed by atoms with Gasteiger partial charge in [-0.15, -0.1) is 0 Å². The number of hydrogen-bond acceptors (Lipinski definition) is 0. The zero-order valence-corrected chi connectivity index (χ0v) is 18.0. The third-order valence-electron chi connectivity index (χ3n) is 6.15. The summed E-state index contributed by atoms with van der Waals surface area (Å²) < 4.78 is 5.12. The normalized spacial score (nSPS) is 15.3. The molecule has 4 rings (SSSR count). The molecule has 0 saturated heterocycles. The molecule has 1 aromatic heterocycles. The Kier molecular flexibility index (Phi) is 4.91. The van der Waals surface area contributed by atoms with Crippen molar-refractivity contribution in [1.29, 1.82) is 0 Å². The van der Waals surface area contributed by atoms with Crippen molar-refractivity contribution in [1.82, 2.24) is 4.57 Å². The third-order valence-corrected chi connectivity index (χ3v) is 6.15. The predicted molar refractivity (Wildman–Crippen MR) is 117 cm³/mol. The molecule has 3 aromatic rings. The number of rotatable bonds is 3. The van der Waals surface area contributed by atoms with Gasteiger partial charge in [0.25, 0.3) is 5.82 Å². The predicted octanol–water partition coefficient (Wildman–Crippen LogP) is 6.33. The zero-order valence-electron chi connectivity index (χ0n) is 18.0. The fraction of sp³-hybridized carbons (Fsp3) is 0.423. The molecule has 0 atom stereocenters. The molecule has 1 aliphatic rings. The van der Waals surface area contributed by atoms with E-state index >= 15 is 0 Å². The Labute approximate surface area is 169 Å². The van der Waals surface area contributed by atoms with Crippen molar-refractivity contribution in [3.05, 3.63) is 77.4 Å². The molecule has 2 aromatic carbocycles. The molecule has 0 spiro atoms. The molecule has 146 valence electrons. The van der Waals surface area contributed by atoms with Crippen LogP contribution in [0.3, 0.4) is 0 Å². The molecule has 0 bridgehead atoms. The molecular weight excluding hydrogens is 340 g/mol. The van der Waals surface area contributed by atoms with E-state index in [4.69, 9.17) is 0 Å². The Morgan fingerprint density at radius 3 is 2.07 bits per heavy atom. The summed E-state index contributed by atoms with van der Waals surface area (Å²) in [6.45, 7) is 11.6. The fourth-order valence-corrected chi connectivity index (χ4v) is 4.94. The molecule has 2 heteroatoms. The van der Waals surface area contributed by atoms with Crippen LogP contribution in [0.15, 0.2) is 54.6 Å². The Morgan fingerprint density at radius 1 is 0.857 bits per heavy atom. The number of nitrogens with zero attached hydrogens (tertiary/aromatic N) is 2. The van der Waals surface area contributed by atoms with Crippen LogP contribution in [0.5, 0.6) is 0 Å². The van der Waals surface area contributed by atoms with Gasteiger partial charge in [0.2, 0.25) is 0 Å². The Hall–Kier alpha value is -2.35. The SMILES string of the molecule is Cc1ccccc1-[n+]1c(C)c(C2CCCC2)n(-c2ccccc2)c1C(C)(C)C. The first-order chi connectivity index (χ1) is 13.4. The Bertz CT molecular complexity index is 968. The summed E-state index contributed by atoms with van der Waals surface area (Å²) in [7, 11) is 0. The van der Waals surface area contributed by atoms with E-state index in [0.717, 1.165) is 0 Å². The lowest BCUT2D eigenvalue weighted by Gasteiger charge is -2.19. The molecular formula is C26H33N2+. The number of aromatic nitrogens is 2. The second-order valence-corrected chi connectivity index (χ2v) is 9.32. The van der Waals surface area contributed by atoms with Crippen molar-refractivity contribution < 1.29 is 4.57 Å². The van der Waals surface area contributed by atoms with Crippen molar-refractivity contribution in [2.75, 3.05) is 0 Å². The molecule has 1 aliphatic carbocycles. The lowest BCUT2D eigenvalue weighted by molar-refractivity contribution is -0.614. The van der Waals surface area contributed by atoms with Crippen LogP contribution in [-0.2, 0) is 5.41 Å². The number of aryl methyl sites for hydroxylation is 1. The van der Waals surface area contributed by atoms with E-state index in [9.17, 15) is 0 Å². The van der Waals surface area contributed by atoms with Gasteiger partial charge in [-0.05, 0) is 64.3 Å². The highest BCUT2D eigenvalue weighted by Crippen LogP contribution is 2.39. The molecule has 0 aliphatic heterocycles. The van der Waals surface area contributed by atoms with Crippen molar-refractivity contribution in [3.63, 3.8) is 0 Å². The maximum Gasteiger partial charge on any atom is 0.272 e. The van der Waals surface area contributed by atoms with E-state index < -0.39 is 0 Å². The minimum Gasteiger partial charge on any atom is -0.196 e. The van der Waals surface area contributed by atoms with Gasteiger partial charge in [0.05, 0.1) is 5.41 Å². The Morgan fingerprint density at radius 2 is 1.46 bits per heavy atom. The number of imidazole rings is 1. The zero-order chi connectivity index (χ0) is 19.9. The van der Waals surface area contributed by atoms with Crippen molar-refractivity contribution >= 4 is 0 Å². The van der Waals surface area contributed by atoms with Crippen molar-refractivity contribution in [3.8, 4) is 11.4 Å². The van der Waals surface area contributed by atoms with Gasteiger partial charge >= 0.3 is 0 Å². The minimum atomic E-state index is 0.0136. The van der Waals surface area contributed by atoms with Gasteiger partial charge in [-0.2, -0.15) is 9.13 Å². The van der Waals surface area contributed by atoms with Gasteiger partial charge in [0.1, 0.15) is 17.1 Å². The van der Waals surface area contributed by atoms with E-state index in [1.54, 1.807) is 0 Å². The maximum atomic E-state index is 2.58. The first-order valence-electron chi connectivity index (χ1n) is 10.7. The van der Waals surface area contributed by atoms with Crippen LogP contribution in [0.4, 0.5) is 0 Å². The van der Waals surface area contributed by atoms with E-state index in [2.05, 4.69) is 98.4 Å². The quantitative estimate of drug-likeness (QED) is 0.475. The number of para-hydroxylation sites is 2. The summed E-state index contributed by atoms with van der Waals surface area (Å²) in [6, 6.07) is 19.7. The molecule has 0 amide bonds. The monoisotopic (exact) mass is 373 g/mol. The minimum absolute atomic E-state index is 0.0136. The molecule has 2 nitrogen and oxygen atoms in total. The van der Waals surface area contributed by atoms with E-state index in [1.165, 1.54) is 59.8 Å². The molecule has 1 heterocycles. The van der Waals surface area contributed by atoms with Gasteiger partial charge in [0.15, 0.2) is 5.69 Å². The average Bonchev–Trinajstić information content (AvgIpc) is 3.28. The number of benzene rings is 2. The van der Waals surface area contributed by atoms with Crippen LogP contribution in [0, 0.1) is 13.8 Å². The van der Waals surface area contributed by atoms with Crippen LogP contribution in [0.25, 0.3) is 11.4 Å². The van der Waals surface area contributed by atoms with Crippen LogP contribution in [0.2, 0.25) is 0 Å². The molecule has 0 unspecified atom stereocenters. The maximum absolute atomic E-state index is 2.58. The van der Waals surface area contributed by atoms with Gasteiger partial charge in [-0.25, -0.2) is 0 Å². The second-order valence-electron chi connectivity index (χ2n) is 9.32. The van der Waals surface area contributed by atoms with E-state index in [-0.39, 0.29) is 5.41 Å². The Balaban J connectivity index is 2.11. The highest BCUT2D eigenvalue weighted by Gasteiger charge is 2.41. The molecule has 0 N–H and O–H groups in total. The van der Waals surface area contributed by atoms with Crippen LogP contribution in [-0.4, -0.2) is 4.57 Å². The summed E-state index contributed by atoms with van der Waals surface area (Å²) in [5.74, 6) is 2.01. The summed E-state index contributed by atoms with van der Waals surface area (Å²) in [5, 5.41) is 0. The summed E-state index contributed by atoms with van der Waals surface area (Å²) in [6.07, 6.45) is 5.29. The highest BCUT2D eigenvalue weighted by atomic mass is 15.2. The third kappa shape index (κ3) is 3.19. The molecule has 28 heavy (non-hydrogen) atoms. The van der Waals surface area contributed by atoms with Gasteiger partial charge in [-0.1, -0.05) is 49.2 Å². The van der Waals surface area contributed by atoms with Crippen molar-refractivity contribution in [2.24, 2.45) is 0 Å². The molecule has 1 fully saturated rings. The second kappa shape index (κ2) is 7.24. The topological polar surface area (TPSA) is 8.81 Å². The smallest absolute Gasteiger partial charge is 0.196 e. The first kappa shape index (κ1) is 19.0. The van der Waals surface area contributed by atoms with Crippen molar-refractivity contribution in [2.45, 2.75) is 71.6 Å². The standard InChI is InChI=1S/C26H33N2/c1-19-13-9-12-18-23(19)27-20(2)24(21-14-10-11-15-21)28(25(27)26(3,4)5)22-16-7-6-8-17-22/h6-9,12-13,16-18,21H,10-11,14-15H2,1-5H3/q+1. The van der Waals surface area contributed by atoms with Gasteiger partial charge < -0.3 is 0 Å². The lowest BCUT2D eigenvalue weighted by atomic mass is 9.94. The van der Waals surface area contributed by atoms with Crippen LogP contribution in [0.1, 0.15) is 75.1 Å². The number of hydrogen-bond donors (Lipinski definition) is 0. The molecule has 1 saturated carbocycles.